The van der Waals surface area contributed by atoms with Gasteiger partial charge in [0.1, 0.15) is 0 Å². The van der Waals surface area contributed by atoms with Crippen LogP contribution in [0, 0.1) is 0 Å². The molecule has 6 nitrogen and oxygen atoms in total. The van der Waals surface area contributed by atoms with E-state index in [4.69, 9.17) is 0 Å². The quantitative estimate of drug-likeness (QED) is 0.834. The molecule has 126 valence electrons. The molecule has 1 N–H and O–H groups in total. The number of likely N-dealkylation sites (N-methyl/N-ethyl adjacent to an activating group) is 1. The first-order chi connectivity index (χ1) is 9.76. The first-order valence-electron chi connectivity index (χ1n) is 6.73. The molecule has 0 amide bonds. The van der Waals surface area contributed by atoms with Gasteiger partial charge in [-0.3, -0.25) is 0 Å². The first kappa shape index (κ1) is 19.4. The Hall–Kier alpha value is -0.670. The Morgan fingerprint density at radius 1 is 1.14 bits per heavy atom. The smallest absolute Gasteiger partial charge is 0.243 e. The minimum absolute atomic E-state index is 0. The molecule has 1 atom stereocenters. The van der Waals surface area contributed by atoms with Crippen LogP contribution < -0.4 is 5.32 Å². The van der Waals surface area contributed by atoms with Crippen LogP contribution in [0.4, 0.5) is 0 Å². The minimum Gasteiger partial charge on any atom is -0.318 e. The van der Waals surface area contributed by atoms with Gasteiger partial charge in [0, 0.05) is 25.4 Å². The summed E-state index contributed by atoms with van der Waals surface area (Å²) in [4.78, 5) is 0.257. The number of hydrogen-bond acceptors (Lipinski definition) is 5. The van der Waals surface area contributed by atoms with Crippen molar-refractivity contribution < 1.29 is 16.8 Å². The lowest BCUT2D eigenvalue weighted by atomic mass is 10.2. The number of nitrogens with one attached hydrogen (secondary N) is 1. The van der Waals surface area contributed by atoms with Gasteiger partial charge in [-0.1, -0.05) is 0 Å². The van der Waals surface area contributed by atoms with E-state index in [-0.39, 0.29) is 28.2 Å². The zero-order chi connectivity index (χ0) is 15.7. The predicted octanol–water partition coefficient (Wildman–Crippen LogP) is 0.884. The average Bonchev–Trinajstić information content (AvgIpc) is 2.87. The van der Waals surface area contributed by atoms with Gasteiger partial charge in [-0.2, -0.15) is 4.31 Å². The van der Waals surface area contributed by atoms with Crippen LogP contribution in [0.5, 0.6) is 0 Å². The Morgan fingerprint density at radius 3 is 2.18 bits per heavy atom. The highest BCUT2D eigenvalue weighted by molar-refractivity contribution is 7.90. The number of sulfonamides is 1. The fourth-order valence-corrected chi connectivity index (χ4v) is 4.88. The summed E-state index contributed by atoms with van der Waals surface area (Å²) in [6, 6.07) is 5.35. The molecule has 1 aliphatic heterocycles. The van der Waals surface area contributed by atoms with Crippen LogP contribution >= 0.6 is 12.4 Å². The summed E-state index contributed by atoms with van der Waals surface area (Å²) in [5.74, 6) is 0. The van der Waals surface area contributed by atoms with E-state index >= 15 is 0 Å². The van der Waals surface area contributed by atoms with Crippen LogP contribution in [-0.2, 0) is 19.9 Å². The van der Waals surface area contributed by atoms with Crippen LogP contribution in [0.25, 0.3) is 0 Å². The van der Waals surface area contributed by atoms with Gasteiger partial charge in [0.25, 0.3) is 0 Å². The fourth-order valence-electron chi connectivity index (χ4n) is 2.56. The van der Waals surface area contributed by atoms with E-state index in [9.17, 15) is 16.8 Å². The summed E-state index contributed by atoms with van der Waals surface area (Å²) in [5, 5.41) is 3.01. The molecular weight excluding hydrogens is 348 g/mol. The molecule has 0 spiro atoms. The summed E-state index contributed by atoms with van der Waals surface area (Å²) in [5.41, 5.74) is 0. The van der Waals surface area contributed by atoms with Gasteiger partial charge >= 0.3 is 0 Å². The molecule has 1 unspecified atom stereocenters. The van der Waals surface area contributed by atoms with E-state index in [1.54, 1.807) is 7.05 Å². The molecule has 1 aliphatic rings. The van der Waals surface area contributed by atoms with Gasteiger partial charge in [0.05, 0.1) is 9.79 Å². The maximum Gasteiger partial charge on any atom is 0.243 e. The summed E-state index contributed by atoms with van der Waals surface area (Å²) in [7, 11) is -5.10. The van der Waals surface area contributed by atoms with Crippen molar-refractivity contribution in [2.75, 3.05) is 26.4 Å². The molecule has 1 fully saturated rings. The van der Waals surface area contributed by atoms with E-state index in [2.05, 4.69) is 5.32 Å². The van der Waals surface area contributed by atoms with Gasteiger partial charge in [0.2, 0.25) is 10.0 Å². The lowest BCUT2D eigenvalue weighted by Crippen LogP contribution is -2.40. The van der Waals surface area contributed by atoms with Crippen LogP contribution in [0.1, 0.15) is 12.8 Å². The van der Waals surface area contributed by atoms with Gasteiger partial charge in [-0.05, 0) is 44.2 Å². The van der Waals surface area contributed by atoms with Crippen LogP contribution in [-0.4, -0.2) is 53.6 Å². The van der Waals surface area contributed by atoms with Crippen molar-refractivity contribution in [3.63, 3.8) is 0 Å². The summed E-state index contributed by atoms with van der Waals surface area (Å²) in [6.45, 7) is 1.11. The molecular formula is C13H21ClN2O4S2. The first-order valence-corrected chi connectivity index (χ1v) is 10.1. The van der Waals surface area contributed by atoms with E-state index in [0.717, 1.165) is 19.1 Å². The molecule has 0 radical (unpaired) electrons. The third-order valence-corrected chi connectivity index (χ3v) is 6.72. The lowest BCUT2D eigenvalue weighted by Gasteiger charge is -2.23. The number of rotatable bonds is 5. The molecule has 1 heterocycles. The van der Waals surface area contributed by atoms with E-state index in [1.807, 2.05) is 0 Å². The van der Waals surface area contributed by atoms with Gasteiger partial charge in [-0.15, -0.1) is 12.4 Å². The highest BCUT2D eigenvalue weighted by atomic mass is 35.5. The number of halogens is 1. The second-order valence-electron chi connectivity index (χ2n) is 5.21. The number of sulfone groups is 1. The third kappa shape index (κ3) is 3.99. The second-order valence-corrected chi connectivity index (χ2v) is 9.12. The van der Waals surface area contributed by atoms with Crippen molar-refractivity contribution >= 4 is 32.3 Å². The zero-order valence-corrected chi connectivity index (χ0v) is 15.0. The Labute approximate surface area is 138 Å². The van der Waals surface area contributed by atoms with Crippen LogP contribution in [0.3, 0.4) is 0 Å². The Bertz CT molecular complexity index is 702. The molecule has 2 rings (SSSR count). The highest BCUT2D eigenvalue weighted by Gasteiger charge is 2.34. The number of hydrogen-bond donors (Lipinski definition) is 1. The van der Waals surface area contributed by atoms with Crippen molar-refractivity contribution in [1.82, 2.24) is 9.62 Å². The van der Waals surface area contributed by atoms with Crippen molar-refractivity contribution in [3.8, 4) is 0 Å². The van der Waals surface area contributed by atoms with Crippen molar-refractivity contribution in [2.24, 2.45) is 0 Å². The SMILES string of the molecule is CNCC1CCCN1S(=O)(=O)c1ccc(S(C)(=O)=O)cc1.Cl. The van der Waals surface area contributed by atoms with Crippen LogP contribution in [0.15, 0.2) is 34.1 Å². The summed E-state index contributed by atoms with van der Waals surface area (Å²) in [6.07, 6.45) is 2.77. The molecule has 1 saturated heterocycles. The molecule has 9 heteroatoms. The largest absolute Gasteiger partial charge is 0.318 e. The van der Waals surface area contributed by atoms with Gasteiger partial charge in [0.15, 0.2) is 9.84 Å². The highest BCUT2D eigenvalue weighted by Crippen LogP contribution is 2.26. The number of benzene rings is 1. The van der Waals surface area contributed by atoms with Crippen molar-refractivity contribution in [2.45, 2.75) is 28.7 Å². The Kier molecular flexibility index (Phi) is 6.40. The fraction of sp³-hybridized carbons (Fsp3) is 0.538. The van der Waals surface area contributed by atoms with Crippen LogP contribution in [0.2, 0.25) is 0 Å². The second kappa shape index (κ2) is 7.27. The molecule has 0 aromatic heterocycles. The Balaban J connectivity index is 0.00000242. The molecule has 22 heavy (non-hydrogen) atoms. The third-order valence-electron chi connectivity index (χ3n) is 3.62. The summed E-state index contributed by atoms with van der Waals surface area (Å²) < 4.78 is 49.6. The van der Waals surface area contributed by atoms with E-state index < -0.39 is 19.9 Å². The van der Waals surface area contributed by atoms with E-state index in [0.29, 0.717) is 13.1 Å². The van der Waals surface area contributed by atoms with Gasteiger partial charge < -0.3 is 5.32 Å². The predicted molar refractivity (Wildman–Crippen MR) is 87.6 cm³/mol. The van der Waals surface area contributed by atoms with E-state index in [1.165, 1.54) is 28.6 Å². The Morgan fingerprint density at radius 2 is 1.68 bits per heavy atom. The molecule has 1 aromatic carbocycles. The maximum atomic E-state index is 12.6. The zero-order valence-electron chi connectivity index (χ0n) is 12.5. The molecule has 1 aromatic rings. The maximum absolute atomic E-state index is 12.6. The lowest BCUT2D eigenvalue weighted by molar-refractivity contribution is 0.379. The molecule has 0 aliphatic carbocycles. The normalized spacial score (nSPS) is 19.8. The summed E-state index contributed by atoms with van der Waals surface area (Å²) >= 11 is 0. The van der Waals surface area contributed by atoms with Crippen molar-refractivity contribution in [3.05, 3.63) is 24.3 Å². The van der Waals surface area contributed by atoms with Crippen molar-refractivity contribution in [1.29, 1.82) is 0 Å². The molecule has 0 saturated carbocycles. The monoisotopic (exact) mass is 368 g/mol. The van der Waals surface area contributed by atoms with Gasteiger partial charge in [-0.25, -0.2) is 16.8 Å². The molecule has 0 bridgehead atoms. The number of nitrogens with zero attached hydrogens (tertiary/aromatic N) is 1. The topological polar surface area (TPSA) is 83.6 Å². The average molecular weight is 369 g/mol. The minimum atomic E-state index is -3.57. The standard InChI is InChI=1S/C13H20N2O4S2.ClH/c1-14-10-11-4-3-9-15(11)21(18,19)13-7-5-12(6-8-13)20(2,16)17;/h5-8,11,14H,3-4,9-10H2,1-2H3;1H.